The van der Waals surface area contributed by atoms with Crippen molar-refractivity contribution in [1.82, 2.24) is 0 Å². The normalized spacial score (nSPS) is 9.54. The van der Waals surface area contributed by atoms with E-state index in [9.17, 15) is 14.7 Å². The number of carboxylic acids is 1. The number of hydrogen-bond acceptors (Lipinski definition) is 3. The van der Waals surface area contributed by atoms with Crippen LogP contribution in [0.3, 0.4) is 0 Å². The van der Waals surface area contributed by atoms with Gasteiger partial charge in [0.2, 0.25) is 0 Å². The Hall–Kier alpha value is -1.84. The minimum absolute atomic E-state index is 0.160. The molecule has 0 aliphatic heterocycles. The highest BCUT2D eigenvalue weighted by molar-refractivity contribution is 5.77. The maximum atomic E-state index is 10.3. The van der Waals surface area contributed by atoms with Crippen molar-refractivity contribution in [2.24, 2.45) is 0 Å². The number of aldehydes is 1. The molecule has 0 aliphatic rings. The zero-order chi connectivity index (χ0) is 9.84. The first-order valence-electron chi connectivity index (χ1n) is 3.62. The van der Waals surface area contributed by atoms with Crippen molar-refractivity contribution in [3.63, 3.8) is 0 Å². The molecule has 0 heterocycles. The number of aromatic hydroxyl groups is 1. The molecule has 0 unspecified atom stereocenters. The van der Waals surface area contributed by atoms with Crippen molar-refractivity contribution < 1.29 is 19.8 Å². The number of carbonyl (C=O) groups excluding carboxylic acids is 1. The quantitative estimate of drug-likeness (QED) is 0.675. The largest absolute Gasteiger partial charge is 0.508 e. The second-order valence-corrected chi connectivity index (χ2v) is 2.58. The van der Waals surface area contributed by atoms with Gasteiger partial charge in [0.15, 0.2) is 0 Å². The van der Waals surface area contributed by atoms with E-state index in [-0.39, 0.29) is 12.2 Å². The van der Waals surface area contributed by atoms with Crippen LogP contribution in [0.15, 0.2) is 18.2 Å². The molecule has 1 aromatic carbocycles. The SMILES string of the molecule is O=Cc1ccc(CC(=O)O)c(O)c1. The molecule has 0 saturated carbocycles. The van der Waals surface area contributed by atoms with Gasteiger partial charge in [0.1, 0.15) is 12.0 Å². The second-order valence-electron chi connectivity index (χ2n) is 2.58. The van der Waals surface area contributed by atoms with E-state index in [1.807, 2.05) is 0 Å². The minimum Gasteiger partial charge on any atom is -0.508 e. The van der Waals surface area contributed by atoms with E-state index in [2.05, 4.69) is 0 Å². The fraction of sp³-hybridized carbons (Fsp3) is 0.111. The van der Waals surface area contributed by atoms with Crippen molar-refractivity contribution in [3.05, 3.63) is 29.3 Å². The predicted molar refractivity (Wildman–Crippen MR) is 44.8 cm³/mol. The van der Waals surface area contributed by atoms with Gasteiger partial charge in [0, 0.05) is 11.1 Å². The van der Waals surface area contributed by atoms with E-state index in [1.54, 1.807) is 0 Å². The number of rotatable bonds is 3. The number of carbonyl (C=O) groups is 2. The van der Waals surface area contributed by atoms with Gasteiger partial charge >= 0.3 is 5.97 Å². The minimum atomic E-state index is -1.02. The monoisotopic (exact) mass is 180 g/mol. The Morgan fingerprint density at radius 2 is 2.15 bits per heavy atom. The van der Waals surface area contributed by atoms with Crippen LogP contribution >= 0.6 is 0 Å². The summed E-state index contributed by atoms with van der Waals surface area (Å²) in [6.45, 7) is 0. The second kappa shape index (κ2) is 3.71. The average Bonchev–Trinajstić information content (AvgIpc) is 2.08. The average molecular weight is 180 g/mol. The van der Waals surface area contributed by atoms with Crippen molar-refractivity contribution in [2.75, 3.05) is 0 Å². The van der Waals surface area contributed by atoms with E-state index in [0.29, 0.717) is 17.4 Å². The Balaban J connectivity index is 2.98. The van der Waals surface area contributed by atoms with Crippen LogP contribution in [0.5, 0.6) is 5.75 Å². The van der Waals surface area contributed by atoms with E-state index in [1.165, 1.54) is 18.2 Å². The third-order valence-electron chi connectivity index (χ3n) is 1.59. The van der Waals surface area contributed by atoms with Crippen LogP contribution in [0.4, 0.5) is 0 Å². The van der Waals surface area contributed by atoms with E-state index < -0.39 is 5.97 Å². The molecule has 0 fully saturated rings. The van der Waals surface area contributed by atoms with Crippen molar-refractivity contribution in [1.29, 1.82) is 0 Å². The molecule has 68 valence electrons. The fourth-order valence-corrected chi connectivity index (χ4v) is 0.967. The highest BCUT2D eigenvalue weighted by Gasteiger charge is 2.06. The van der Waals surface area contributed by atoms with Gasteiger partial charge in [0.05, 0.1) is 6.42 Å². The summed E-state index contributed by atoms with van der Waals surface area (Å²) < 4.78 is 0. The molecule has 0 saturated heterocycles. The summed E-state index contributed by atoms with van der Waals surface area (Å²) in [4.78, 5) is 20.6. The highest BCUT2D eigenvalue weighted by Crippen LogP contribution is 2.18. The van der Waals surface area contributed by atoms with Crippen LogP contribution in [0, 0.1) is 0 Å². The molecule has 0 aromatic heterocycles. The maximum Gasteiger partial charge on any atom is 0.307 e. The predicted octanol–water partition coefficient (Wildman–Crippen LogP) is 0.832. The summed E-state index contributed by atoms with van der Waals surface area (Å²) in [5, 5.41) is 17.7. The van der Waals surface area contributed by atoms with Crippen LogP contribution in [-0.2, 0) is 11.2 Å². The first kappa shape index (κ1) is 9.25. The zero-order valence-electron chi connectivity index (χ0n) is 6.73. The van der Waals surface area contributed by atoms with Gasteiger partial charge in [-0.25, -0.2) is 0 Å². The van der Waals surface area contributed by atoms with Gasteiger partial charge in [-0.15, -0.1) is 0 Å². The van der Waals surface area contributed by atoms with Crippen LogP contribution in [0.1, 0.15) is 15.9 Å². The summed E-state index contributed by atoms with van der Waals surface area (Å²) in [7, 11) is 0. The van der Waals surface area contributed by atoms with Crippen LogP contribution in [-0.4, -0.2) is 22.5 Å². The summed E-state index contributed by atoms with van der Waals surface area (Å²) in [5.74, 6) is -1.18. The van der Waals surface area contributed by atoms with E-state index >= 15 is 0 Å². The Morgan fingerprint density at radius 1 is 1.46 bits per heavy atom. The molecule has 0 aliphatic carbocycles. The molecule has 0 amide bonds. The lowest BCUT2D eigenvalue weighted by molar-refractivity contribution is -0.136. The molecule has 13 heavy (non-hydrogen) atoms. The lowest BCUT2D eigenvalue weighted by atomic mass is 10.1. The Morgan fingerprint density at radius 3 is 2.62 bits per heavy atom. The smallest absolute Gasteiger partial charge is 0.307 e. The molecule has 0 bridgehead atoms. The summed E-state index contributed by atoms with van der Waals surface area (Å²) >= 11 is 0. The molecule has 0 atom stereocenters. The number of aliphatic carboxylic acids is 1. The molecular weight excluding hydrogens is 172 g/mol. The molecule has 1 rings (SSSR count). The maximum absolute atomic E-state index is 10.3. The molecule has 4 nitrogen and oxygen atoms in total. The van der Waals surface area contributed by atoms with Crippen molar-refractivity contribution >= 4 is 12.3 Å². The molecule has 1 aromatic rings. The fourth-order valence-electron chi connectivity index (χ4n) is 0.967. The lowest BCUT2D eigenvalue weighted by Crippen LogP contribution is -2.00. The van der Waals surface area contributed by atoms with Gasteiger partial charge in [-0.05, 0) is 6.07 Å². The number of phenols is 1. The summed E-state index contributed by atoms with van der Waals surface area (Å²) in [5.41, 5.74) is 0.629. The molecule has 4 heteroatoms. The van der Waals surface area contributed by atoms with Crippen LogP contribution < -0.4 is 0 Å². The Bertz CT molecular complexity index is 343. The van der Waals surface area contributed by atoms with Gasteiger partial charge in [-0.2, -0.15) is 0 Å². The zero-order valence-corrected chi connectivity index (χ0v) is 6.73. The number of benzene rings is 1. The molecule has 0 radical (unpaired) electrons. The molecule has 0 spiro atoms. The van der Waals surface area contributed by atoms with E-state index in [0.717, 1.165) is 0 Å². The first-order chi connectivity index (χ1) is 6.13. The number of carboxylic acid groups (broad SMARTS) is 1. The topological polar surface area (TPSA) is 74.6 Å². The highest BCUT2D eigenvalue weighted by atomic mass is 16.4. The van der Waals surface area contributed by atoms with Crippen LogP contribution in [0.25, 0.3) is 0 Å². The first-order valence-corrected chi connectivity index (χ1v) is 3.62. The Kier molecular flexibility index (Phi) is 2.64. The summed E-state index contributed by atoms with van der Waals surface area (Å²) in [6.07, 6.45) is 0.342. The van der Waals surface area contributed by atoms with E-state index in [4.69, 9.17) is 5.11 Å². The standard InChI is InChI=1S/C9H8O4/c10-5-6-1-2-7(4-9(12)13)8(11)3-6/h1-3,5,11H,4H2,(H,12,13). The van der Waals surface area contributed by atoms with Crippen molar-refractivity contribution in [3.8, 4) is 5.75 Å². The van der Waals surface area contributed by atoms with Crippen LogP contribution in [0.2, 0.25) is 0 Å². The van der Waals surface area contributed by atoms with Gasteiger partial charge in [0.25, 0.3) is 0 Å². The van der Waals surface area contributed by atoms with Gasteiger partial charge in [-0.1, -0.05) is 12.1 Å². The van der Waals surface area contributed by atoms with Gasteiger partial charge in [-0.3, -0.25) is 9.59 Å². The molecule has 2 N–H and O–H groups in total. The lowest BCUT2D eigenvalue weighted by Gasteiger charge is -2.01. The number of hydrogen-bond donors (Lipinski definition) is 2. The van der Waals surface area contributed by atoms with Crippen molar-refractivity contribution in [2.45, 2.75) is 6.42 Å². The van der Waals surface area contributed by atoms with Gasteiger partial charge < -0.3 is 10.2 Å². The number of phenolic OH excluding ortho intramolecular Hbond substituents is 1. The molecular formula is C9H8O4. The third-order valence-corrected chi connectivity index (χ3v) is 1.59. The summed E-state index contributed by atoms with van der Waals surface area (Å²) in [6, 6.07) is 4.13. The third kappa shape index (κ3) is 2.30. The Labute approximate surface area is 74.4 Å².